The lowest BCUT2D eigenvalue weighted by Gasteiger charge is -1.96. The van der Waals surface area contributed by atoms with Crippen LogP contribution in [-0.2, 0) is 11.2 Å². The zero-order valence-electron chi connectivity index (χ0n) is 8.89. The van der Waals surface area contributed by atoms with Crippen molar-refractivity contribution in [1.82, 2.24) is 4.98 Å². The quantitative estimate of drug-likeness (QED) is 0.941. The largest absolute Gasteiger partial charge is 0.481 e. The van der Waals surface area contributed by atoms with Crippen LogP contribution in [-0.4, -0.2) is 16.1 Å². The van der Waals surface area contributed by atoms with Crippen molar-refractivity contribution >= 4 is 21.9 Å². The minimum absolute atomic E-state index is 0.0262. The second kappa shape index (κ2) is 5.14. The van der Waals surface area contributed by atoms with Crippen LogP contribution in [0.25, 0.3) is 11.3 Å². The molecule has 0 aliphatic carbocycles. The highest BCUT2D eigenvalue weighted by molar-refractivity contribution is 9.10. The minimum atomic E-state index is -0.854. The first-order chi connectivity index (χ1) is 8.15. The highest BCUT2D eigenvalue weighted by Gasteiger charge is 2.08. The van der Waals surface area contributed by atoms with Crippen molar-refractivity contribution in [3.05, 3.63) is 40.8 Å². The van der Waals surface area contributed by atoms with Gasteiger partial charge < -0.3 is 9.52 Å². The van der Waals surface area contributed by atoms with Crippen LogP contribution in [0.2, 0.25) is 0 Å². The predicted molar refractivity (Wildman–Crippen MR) is 65.6 cm³/mol. The highest BCUT2D eigenvalue weighted by atomic mass is 79.9. The molecule has 0 saturated carbocycles. The summed E-state index contributed by atoms with van der Waals surface area (Å²) in [4.78, 5) is 14.5. The fourth-order valence-electron chi connectivity index (χ4n) is 1.41. The van der Waals surface area contributed by atoms with Gasteiger partial charge in [0.25, 0.3) is 0 Å². The van der Waals surface area contributed by atoms with Gasteiger partial charge in [-0.15, -0.1) is 0 Å². The number of halogens is 1. The van der Waals surface area contributed by atoms with E-state index in [2.05, 4.69) is 20.9 Å². The van der Waals surface area contributed by atoms with Gasteiger partial charge in [-0.05, 0) is 12.1 Å². The van der Waals surface area contributed by atoms with Gasteiger partial charge in [0.05, 0.1) is 12.6 Å². The van der Waals surface area contributed by atoms with E-state index >= 15 is 0 Å². The van der Waals surface area contributed by atoms with Gasteiger partial charge in [0.2, 0.25) is 0 Å². The molecule has 1 aromatic heterocycles. The van der Waals surface area contributed by atoms with Crippen molar-refractivity contribution in [3.63, 3.8) is 0 Å². The van der Waals surface area contributed by atoms with Gasteiger partial charge in [0.1, 0.15) is 0 Å². The molecule has 1 N–H and O–H groups in total. The van der Waals surface area contributed by atoms with E-state index in [1.807, 2.05) is 24.3 Å². The number of oxazole rings is 1. The smallest absolute Gasteiger partial charge is 0.303 e. The molecular weight excluding hydrogens is 286 g/mol. The van der Waals surface area contributed by atoms with Gasteiger partial charge >= 0.3 is 5.97 Å². The monoisotopic (exact) mass is 295 g/mol. The zero-order valence-corrected chi connectivity index (χ0v) is 10.5. The van der Waals surface area contributed by atoms with Crippen molar-refractivity contribution in [1.29, 1.82) is 0 Å². The third-order valence-corrected chi connectivity index (χ3v) is 2.71. The lowest BCUT2D eigenvalue weighted by molar-refractivity contribution is -0.137. The van der Waals surface area contributed by atoms with Crippen LogP contribution >= 0.6 is 15.9 Å². The van der Waals surface area contributed by atoms with E-state index in [1.165, 1.54) is 0 Å². The molecule has 0 aliphatic rings. The van der Waals surface area contributed by atoms with Gasteiger partial charge in [-0.1, -0.05) is 28.1 Å². The minimum Gasteiger partial charge on any atom is -0.481 e. The molecule has 2 aromatic rings. The van der Waals surface area contributed by atoms with Gasteiger partial charge in [-0.25, -0.2) is 4.98 Å². The number of hydrogen-bond acceptors (Lipinski definition) is 3. The Bertz CT molecular complexity index is 536. The first-order valence-electron chi connectivity index (χ1n) is 5.07. The van der Waals surface area contributed by atoms with Gasteiger partial charge in [-0.2, -0.15) is 0 Å². The summed E-state index contributed by atoms with van der Waals surface area (Å²) >= 11 is 3.38. The van der Waals surface area contributed by atoms with Crippen LogP contribution in [0.4, 0.5) is 0 Å². The number of benzene rings is 1. The number of aryl methyl sites for hydroxylation is 1. The van der Waals surface area contributed by atoms with Crippen molar-refractivity contribution in [2.24, 2.45) is 0 Å². The van der Waals surface area contributed by atoms with Crippen LogP contribution < -0.4 is 0 Å². The van der Waals surface area contributed by atoms with Crippen LogP contribution in [0, 0.1) is 0 Å². The number of aliphatic carboxylic acids is 1. The second-order valence-corrected chi connectivity index (χ2v) is 4.44. The van der Waals surface area contributed by atoms with Crippen LogP contribution in [0.1, 0.15) is 12.3 Å². The Morgan fingerprint density at radius 3 is 3.00 bits per heavy atom. The van der Waals surface area contributed by atoms with Gasteiger partial charge in [-0.3, -0.25) is 4.79 Å². The van der Waals surface area contributed by atoms with Crippen molar-refractivity contribution in [2.75, 3.05) is 0 Å². The van der Waals surface area contributed by atoms with E-state index in [0.29, 0.717) is 18.1 Å². The number of carboxylic acid groups (broad SMARTS) is 1. The number of aromatic nitrogens is 1. The number of nitrogens with zero attached hydrogens (tertiary/aromatic N) is 1. The lowest BCUT2D eigenvalue weighted by atomic mass is 10.2. The molecule has 4 nitrogen and oxygen atoms in total. The zero-order chi connectivity index (χ0) is 12.3. The standard InChI is InChI=1S/C12H10BrNO3/c13-9-3-1-2-8(6-9)10-7-14-11(17-10)4-5-12(15)16/h1-3,6-7H,4-5H2,(H,15,16). The maximum Gasteiger partial charge on any atom is 0.303 e. The number of hydrogen-bond donors (Lipinski definition) is 1. The average Bonchev–Trinajstić information content (AvgIpc) is 2.75. The van der Waals surface area contributed by atoms with Crippen LogP contribution in [0.15, 0.2) is 39.4 Å². The molecule has 0 saturated heterocycles. The summed E-state index contributed by atoms with van der Waals surface area (Å²) in [6.07, 6.45) is 1.95. The Labute approximate surface area is 106 Å². The Balaban J connectivity index is 2.15. The maximum atomic E-state index is 10.4. The molecule has 1 heterocycles. The lowest BCUT2D eigenvalue weighted by Crippen LogP contribution is -1.97. The van der Waals surface area contributed by atoms with E-state index in [0.717, 1.165) is 10.0 Å². The number of rotatable bonds is 4. The molecule has 5 heteroatoms. The topological polar surface area (TPSA) is 63.3 Å². The second-order valence-electron chi connectivity index (χ2n) is 3.52. The number of carbonyl (C=O) groups is 1. The predicted octanol–water partition coefficient (Wildman–Crippen LogP) is 3.12. The fraction of sp³-hybridized carbons (Fsp3) is 0.167. The van der Waals surface area contributed by atoms with Crippen molar-refractivity contribution in [3.8, 4) is 11.3 Å². The van der Waals surface area contributed by atoms with Crippen LogP contribution in [0.3, 0.4) is 0 Å². The summed E-state index contributed by atoms with van der Waals surface area (Å²) in [5, 5.41) is 8.56. The molecule has 2 rings (SSSR count). The maximum absolute atomic E-state index is 10.4. The third-order valence-electron chi connectivity index (χ3n) is 2.22. The molecule has 0 unspecified atom stereocenters. The summed E-state index contributed by atoms with van der Waals surface area (Å²) in [5.41, 5.74) is 0.911. The van der Waals surface area contributed by atoms with E-state index in [1.54, 1.807) is 6.20 Å². The Kier molecular flexibility index (Phi) is 3.58. The van der Waals surface area contributed by atoms with Crippen molar-refractivity contribution < 1.29 is 14.3 Å². The van der Waals surface area contributed by atoms with Crippen molar-refractivity contribution in [2.45, 2.75) is 12.8 Å². The summed E-state index contributed by atoms with van der Waals surface area (Å²) in [7, 11) is 0. The Morgan fingerprint density at radius 1 is 1.47 bits per heavy atom. The summed E-state index contributed by atoms with van der Waals surface area (Å²) in [6.45, 7) is 0. The van der Waals surface area contributed by atoms with E-state index < -0.39 is 5.97 Å². The first-order valence-corrected chi connectivity index (χ1v) is 5.87. The molecule has 88 valence electrons. The highest BCUT2D eigenvalue weighted by Crippen LogP contribution is 2.23. The molecule has 0 fully saturated rings. The molecule has 0 spiro atoms. The van der Waals surface area contributed by atoms with E-state index in [4.69, 9.17) is 9.52 Å². The first kappa shape index (κ1) is 11.9. The molecule has 0 bridgehead atoms. The molecule has 1 aromatic carbocycles. The molecule has 0 aliphatic heterocycles. The van der Waals surface area contributed by atoms with Gasteiger partial charge in [0.15, 0.2) is 11.7 Å². The molecule has 17 heavy (non-hydrogen) atoms. The Morgan fingerprint density at radius 2 is 2.29 bits per heavy atom. The summed E-state index contributed by atoms with van der Waals surface area (Å²) in [6, 6.07) is 7.65. The van der Waals surface area contributed by atoms with E-state index in [9.17, 15) is 4.79 Å². The van der Waals surface area contributed by atoms with Gasteiger partial charge in [0, 0.05) is 16.5 Å². The summed E-state index contributed by atoms with van der Waals surface area (Å²) < 4.78 is 6.44. The fourth-order valence-corrected chi connectivity index (χ4v) is 1.81. The normalized spacial score (nSPS) is 10.4. The molecule has 0 radical (unpaired) electrons. The third kappa shape index (κ3) is 3.17. The van der Waals surface area contributed by atoms with E-state index in [-0.39, 0.29) is 6.42 Å². The molecular formula is C12H10BrNO3. The SMILES string of the molecule is O=C(O)CCc1ncc(-c2cccc(Br)c2)o1. The molecule has 0 amide bonds. The molecule has 0 atom stereocenters. The van der Waals surface area contributed by atoms with Crippen LogP contribution in [0.5, 0.6) is 0 Å². The summed E-state index contributed by atoms with van der Waals surface area (Å²) in [5.74, 6) is 0.237. The average molecular weight is 296 g/mol. The Hall–Kier alpha value is -1.62. The number of carboxylic acids is 1.